The van der Waals surface area contributed by atoms with Crippen LogP contribution in [-0.2, 0) is 0 Å². The second-order valence-corrected chi connectivity index (χ2v) is 2.38. The van der Waals surface area contributed by atoms with Crippen molar-refractivity contribution in [2.45, 2.75) is 26.4 Å². The number of terminal acetylenes is 1. The maximum atomic E-state index is 8.95. The summed E-state index contributed by atoms with van der Waals surface area (Å²) in [5.41, 5.74) is 0. The zero-order chi connectivity index (χ0) is 7.98. The molecule has 2 atom stereocenters. The molecule has 0 fully saturated rings. The molecule has 0 saturated heterocycles. The third-order valence-corrected chi connectivity index (χ3v) is 1.23. The van der Waals surface area contributed by atoms with Crippen molar-refractivity contribution < 1.29 is 5.11 Å². The maximum Gasteiger partial charge on any atom is 0.0526 e. The number of aliphatic hydroxyl groups excluding tert-OH is 1. The summed E-state index contributed by atoms with van der Waals surface area (Å²) in [7, 11) is 0. The first-order valence-electron chi connectivity index (χ1n) is 3.47. The summed E-state index contributed by atoms with van der Waals surface area (Å²) in [6, 6.07) is 0. The average molecular weight is 138 g/mol. The summed E-state index contributed by atoms with van der Waals surface area (Å²) >= 11 is 0. The van der Waals surface area contributed by atoms with Gasteiger partial charge in [0.2, 0.25) is 0 Å². The number of hydrogen-bond acceptors (Lipinski definition) is 1. The van der Waals surface area contributed by atoms with E-state index in [1.54, 1.807) is 6.92 Å². The molecular weight excluding hydrogens is 124 g/mol. The van der Waals surface area contributed by atoms with Crippen LogP contribution in [0.3, 0.4) is 0 Å². The maximum absolute atomic E-state index is 8.95. The molecule has 2 unspecified atom stereocenters. The molecule has 0 saturated carbocycles. The zero-order valence-corrected chi connectivity index (χ0v) is 6.54. The molecule has 0 spiro atoms. The molecule has 0 amide bonds. The Morgan fingerprint density at radius 2 is 2.30 bits per heavy atom. The second kappa shape index (κ2) is 5.08. The summed E-state index contributed by atoms with van der Waals surface area (Å²) in [5, 5.41) is 8.95. The van der Waals surface area contributed by atoms with Gasteiger partial charge in [-0.3, -0.25) is 0 Å². The molecule has 0 aromatic rings. The molecule has 0 bridgehead atoms. The highest BCUT2D eigenvalue weighted by molar-refractivity contribution is 5.04. The van der Waals surface area contributed by atoms with E-state index in [-0.39, 0.29) is 12.0 Å². The van der Waals surface area contributed by atoms with E-state index in [0.717, 1.165) is 0 Å². The Hall–Kier alpha value is -0.740. The van der Waals surface area contributed by atoms with Crippen LogP contribution in [0.2, 0.25) is 0 Å². The predicted molar refractivity (Wildman–Crippen MR) is 43.4 cm³/mol. The molecule has 0 heterocycles. The van der Waals surface area contributed by atoms with Gasteiger partial charge in [-0.25, -0.2) is 0 Å². The first-order chi connectivity index (χ1) is 4.70. The van der Waals surface area contributed by atoms with Gasteiger partial charge in [-0.15, -0.1) is 6.42 Å². The Balaban J connectivity index is 3.75. The quantitative estimate of drug-likeness (QED) is 0.463. The highest BCUT2D eigenvalue weighted by Crippen LogP contribution is 2.06. The molecule has 0 aliphatic carbocycles. The minimum absolute atomic E-state index is 0.0880. The first-order valence-corrected chi connectivity index (χ1v) is 3.47. The Kier molecular flexibility index (Phi) is 4.70. The smallest absolute Gasteiger partial charge is 0.0526 e. The van der Waals surface area contributed by atoms with Crippen LogP contribution in [0.15, 0.2) is 12.2 Å². The van der Waals surface area contributed by atoms with Crippen molar-refractivity contribution in [1.29, 1.82) is 0 Å². The largest absolute Gasteiger partial charge is 0.393 e. The van der Waals surface area contributed by atoms with Crippen LogP contribution < -0.4 is 0 Å². The summed E-state index contributed by atoms with van der Waals surface area (Å²) < 4.78 is 0. The van der Waals surface area contributed by atoms with Crippen LogP contribution in [0.5, 0.6) is 0 Å². The van der Waals surface area contributed by atoms with Gasteiger partial charge < -0.3 is 5.11 Å². The van der Waals surface area contributed by atoms with Crippen LogP contribution in [0.1, 0.15) is 20.3 Å². The molecule has 10 heavy (non-hydrogen) atoms. The molecule has 56 valence electrons. The molecular formula is C9H14O. The zero-order valence-electron chi connectivity index (χ0n) is 6.54. The van der Waals surface area contributed by atoms with E-state index >= 15 is 0 Å². The van der Waals surface area contributed by atoms with Gasteiger partial charge in [-0.2, -0.15) is 0 Å². The van der Waals surface area contributed by atoms with Gasteiger partial charge in [0.25, 0.3) is 0 Å². The van der Waals surface area contributed by atoms with Crippen molar-refractivity contribution in [3.8, 4) is 12.3 Å². The van der Waals surface area contributed by atoms with Crippen LogP contribution in [0, 0.1) is 18.3 Å². The van der Waals surface area contributed by atoms with E-state index in [4.69, 9.17) is 11.5 Å². The van der Waals surface area contributed by atoms with E-state index in [1.807, 2.05) is 19.1 Å². The van der Waals surface area contributed by atoms with Gasteiger partial charge in [0, 0.05) is 5.92 Å². The average Bonchev–Trinajstić information content (AvgIpc) is 1.86. The van der Waals surface area contributed by atoms with Gasteiger partial charge in [-0.05, 0) is 20.3 Å². The van der Waals surface area contributed by atoms with E-state index in [2.05, 4.69) is 5.92 Å². The Morgan fingerprint density at radius 1 is 1.70 bits per heavy atom. The Labute approximate surface area is 62.8 Å². The van der Waals surface area contributed by atoms with Crippen molar-refractivity contribution in [1.82, 2.24) is 0 Å². The van der Waals surface area contributed by atoms with E-state index in [9.17, 15) is 0 Å². The molecule has 0 aromatic carbocycles. The molecule has 1 heteroatoms. The van der Waals surface area contributed by atoms with Crippen LogP contribution in [0.4, 0.5) is 0 Å². The normalized spacial score (nSPS) is 16.6. The van der Waals surface area contributed by atoms with E-state index < -0.39 is 0 Å². The number of allylic oxidation sites excluding steroid dienone is 2. The molecule has 0 radical (unpaired) electrons. The Morgan fingerprint density at radius 3 is 2.60 bits per heavy atom. The third-order valence-electron chi connectivity index (χ3n) is 1.23. The van der Waals surface area contributed by atoms with Crippen molar-refractivity contribution in [2.24, 2.45) is 5.92 Å². The van der Waals surface area contributed by atoms with Gasteiger partial charge in [0.05, 0.1) is 6.10 Å². The summed E-state index contributed by atoms with van der Waals surface area (Å²) in [6.07, 6.45) is 9.37. The lowest BCUT2D eigenvalue weighted by atomic mass is 10.0. The number of hydrogen-bond donors (Lipinski definition) is 1. The summed E-state index contributed by atoms with van der Waals surface area (Å²) in [4.78, 5) is 0. The number of aliphatic hydroxyl groups is 1. The highest BCUT2D eigenvalue weighted by Gasteiger charge is 2.03. The summed E-state index contributed by atoms with van der Waals surface area (Å²) in [6.45, 7) is 3.67. The van der Waals surface area contributed by atoms with Gasteiger partial charge >= 0.3 is 0 Å². The number of rotatable bonds is 3. The lowest BCUT2D eigenvalue weighted by Gasteiger charge is -2.06. The fraction of sp³-hybridized carbons (Fsp3) is 0.556. The lowest BCUT2D eigenvalue weighted by Crippen LogP contribution is -2.05. The summed E-state index contributed by atoms with van der Waals surface area (Å²) in [5.74, 6) is 2.68. The SMILES string of the molecule is C#CC(C=CC)CC(C)O. The van der Waals surface area contributed by atoms with Crippen LogP contribution in [0.25, 0.3) is 0 Å². The van der Waals surface area contributed by atoms with Gasteiger partial charge in [0.15, 0.2) is 0 Å². The minimum Gasteiger partial charge on any atom is -0.393 e. The van der Waals surface area contributed by atoms with Crippen molar-refractivity contribution in [3.05, 3.63) is 12.2 Å². The molecule has 0 aliphatic rings. The van der Waals surface area contributed by atoms with E-state index in [0.29, 0.717) is 6.42 Å². The van der Waals surface area contributed by atoms with Crippen LogP contribution >= 0.6 is 0 Å². The molecule has 0 aromatic heterocycles. The molecule has 1 N–H and O–H groups in total. The second-order valence-electron chi connectivity index (χ2n) is 2.38. The van der Waals surface area contributed by atoms with Gasteiger partial charge in [-0.1, -0.05) is 18.1 Å². The molecule has 0 aliphatic heterocycles. The van der Waals surface area contributed by atoms with Gasteiger partial charge in [0.1, 0.15) is 0 Å². The monoisotopic (exact) mass is 138 g/mol. The van der Waals surface area contributed by atoms with Crippen molar-refractivity contribution in [2.75, 3.05) is 0 Å². The fourth-order valence-corrected chi connectivity index (χ4v) is 0.802. The van der Waals surface area contributed by atoms with E-state index in [1.165, 1.54) is 0 Å². The topological polar surface area (TPSA) is 20.2 Å². The van der Waals surface area contributed by atoms with Crippen LogP contribution in [-0.4, -0.2) is 11.2 Å². The Bertz CT molecular complexity index is 139. The molecule has 1 nitrogen and oxygen atoms in total. The first kappa shape index (κ1) is 9.26. The standard InChI is InChI=1S/C9H14O/c1-4-6-9(5-2)7-8(3)10/h2,4,6,8-10H,7H2,1,3H3. The van der Waals surface area contributed by atoms with Crippen molar-refractivity contribution >= 4 is 0 Å². The third kappa shape index (κ3) is 4.17. The minimum atomic E-state index is -0.308. The molecule has 0 rings (SSSR count). The fourth-order valence-electron chi connectivity index (χ4n) is 0.802. The predicted octanol–water partition coefficient (Wildman–Crippen LogP) is 1.58. The highest BCUT2D eigenvalue weighted by atomic mass is 16.3. The van der Waals surface area contributed by atoms with Crippen molar-refractivity contribution in [3.63, 3.8) is 0 Å². The lowest BCUT2D eigenvalue weighted by molar-refractivity contribution is 0.177.